The Morgan fingerprint density at radius 1 is 0.615 bits per heavy atom. The van der Waals surface area contributed by atoms with Crippen LogP contribution < -0.4 is 0 Å². The van der Waals surface area contributed by atoms with Crippen LogP contribution in [0.15, 0.2) is 72.9 Å². The van der Waals surface area contributed by atoms with E-state index in [-0.39, 0.29) is 0 Å². The molecule has 0 fully saturated rings. The van der Waals surface area contributed by atoms with Gasteiger partial charge in [0.15, 0.2) is 0 Å². The van der Waals surface area contributed by atoms with E-state index < -0.39 is 0 Å². The van der Waals surface area contributed by atoms with E-state index >= 15 is 0 Å². The Morgan fingerprint density at radius 2 is 1.15 bits per heavy atom. The third-order valence-electron chi connectivity index (χ3n) is 4.59. The minimum absolute atomic E-state index is 0.581. The number of hydrogen-bond acceptors (Lipinski definition) is 2. The summed E-state index contributed by atoms with van der Waals surface area (Å²) in [6.07, 6.45) is 1.78. The molecule has 124 valence electrons. The molecule has 0 aliphatic rings. The molecule has 5 aromatic rings. The van der Waals surface area contributed by atoms with Crippen molar-refractivity contribution in [1.29, 1.82) is 0 Å². The van der Waals surface area contributed by atoms with Gasteiger partial charge in [-0.05, 0) is 29.0 Å². The molecule has 4 aromatic carbocycles. The highest BCUT2D eigenvalue weighted by Gasteiger charge is 2.12. The second kappa shape index (κ2) is 5.94. The molecule has 0 unspecified atom stereocenters. The van der Waals surface area contributed by atoms with Crippen LogP contribution in [0.2, 0.25) is 10.0 Å². The summed E-state index contributed by atoms with van der Waals surface area (Å²) in [5, 5.41) is 5.71. The van der Waals surface area contributed by atoms with Crippen molar-refractivity contribution in [2.75, 3.05) is 0 Å². The van der Waals surface area contributed by atoms with Crippen molar-refractivity contribution in [2.24, 2.45) is 0 Å². The summed E-state index contributed by atoms with van der Waals surface area (Å²) in [6.45, 7) is 0. The van der Waals surface area contributed by atoms with Crippen LogP contribution in [0.25, 0.3) is 43.8 Å². The van der Waals surface area contributed by atoms with E-state index in [0.29, 0.717) is 10.0 Å². The average molecular weight is 375 g/mol. The smallest absolute Gasteiger partial charge is 0.0979 e. The molecule has 0 N–H and O–H groups in total. The summed E-state index contributed by atoms with van der Waals surface area (Å²) in [7, 11) is 0. The SMILES string of the molecule is Clc1cc(Cl)cc(-c2cnc3c4ccccc4c4ccccc4c3n2)c1. The van der Waals surface area contributed by atoms with Crippen molar-refractivity contribution in [3.05, 3.63) is 83.0 Å². The maximum absolute atomic E-state index is 6.16. The molecule has 0 amide bonds. The summed E-state index contributed by atoms with van der Waals surface area (Å²) < 4.78 is 0. The summed E-state index contributed by atoms with van der Waals surface area (Å²) in [5.74, 6) is 0. The van der Waals surface area contributed by atoms with Gasteiger partial charge in [0.2, 0.25) is 0 Å². The van der Waals surface area contributed by atoms with Crippen molar-refractivity contribution in [2.45, 2.75) is 0 Å². The van der Waals surface area contributed by atoms with Gasteiger partial charge in [0.25, 0.3) is 0 Å². The summed E-state index contributed by atoms with van der Waals surface area (Å²) in [4.78, 5) is 9.67. The van der Waals surface area contributed by atoms with Gasteiger partial charge >= 0.3 is 0 Å². The second-order valence-electron chi connectivity index (χ2n) is 6.20. The highest BCUT2D eigenvalue weighted by Crippen LogP contribution is 2.34. The van der Waals surface area contributed by atoms with Crippen LogP contribution in [-0.4, -0.2) is 9.97 Å². The zero-order valence-electron chi connectivity index (χ0n) is 13.6. The molecule has 4 heteroatoms. The summed E-state index contributed by atoms with van der Waals surface area (Å²) >= 11 is 12.3. The van der Waals surface area contributed by atoms with E-state index in [1.807, 2.05) is 24.3 Å². The summed E-state index contributed by atoms with van der Waals surface area (Å²) in [6, 6.07) is 22.0. The highest BCUT2D eigenvalue weighted by atomic mass is 35.5. The molecular weight excluding hydrogens is 363 g/mol. The van der Waals surface area contributed by atoms with E-state index in [4.69, 9.17) is 33.2 Å². The van der Waals surface area contributed by atoms with Gasteiger partial charge in [0, 0.05) is 26.4 Å². The Morgan fingerprint density at radius 3 is 1.77 bits per heavy atom. The topological polar surface area (TPSA) is 25.8 Å². The average Bonchev–Trinajstić information content (AvgIpc) is 2.67. The van der Waals surface area contributed by atoms with Crippen molar-refractivity contribution < 1.29 is 0 Å². The lowest BCUT2D eigenvalue weighted by atomic mass is 9.99. The van der Waals surface area contributed by atoms with Crippen LogP contribution >= 0.6 is 23.2 Å². The number of nitrogens with zero attached hydrogens (tertiary/aromatic N) is 2. The van der Waals surface area contributed by atoms with Crippen LogP contribution in [0.5, 0.6) is 0 Å². The maximum atomic E-state index is 6.16. The normalized spacial score (nSPS) is 11.5. The molecule has 1 heterocycles. The molecule has 5 rings (SSSR count). The van der Waals surface area contributed by atoms with Crippen LogP contribution in [0.3, 0.4) is 0 Å². The molecular formula is C22H12Cl2N2. The zero-order chi connectivity index (χ0) is 17.7. The van der Waals surface area contributed by atoms with Crippen molar-refractivity contribution in [3.63, 3.8) is 0 Å². The third-order valence-corrected chi connectivity index (χ3v) is 5.02. The van der Waals surface area contributed by atoms with Crippen molar-refractivity contribution in [1.82, 2.24) is 9.97 Å². The summed E-state index contributed by atoms with van der Waals surface area (Å²) in [5.41, 5.74) is 3.39. The lowest BCUT2D eigenvalue weighted by molar-refractivity contribution is 1.31. The number of rotatable bonds is 1. The lowest BCUT2D eigenvalue weighted by Crippen LogP contribution is -1.92. The maximum Gasteiger partial charge on any atom is 0.0979 e. The molecule has 0 aliphatic carbocycles. The Bertz CT molecular complexity index is 1260. The fraction of sp³-hybridized carbons (Fsp3) is 0. The standard InChI is InChI=1S/C22H12Cl2N2/c23-14-9-13(10-15(24)11-14)20-12-25-21-18-7-3-1-5-16(18)17-6-2-4-8-19(17)22(21)26-20/h1-12H. The van der Waals surface area contributed by atoms with Crippen LogP contribution in [0, 0.1) is 0 Å². The molecule has 0 bridgehead atoms. The van der Waals surface area contributed by atoms with Crippen LogP contribution in [0.1, 0.15) is 0 Å². The Balaban J connectivity index is 1.92. The van der Waals surface area contributed by atoms with Gasteiger partial charge < -0.3 is 0 Å². The first-order valence-corrected chi connectivity index (χ1v) is 8.99. The van der Waals surface area contributed by atoms with E-state index in [0.717, 1.165) is 33.1 Å². The Hall–Kier alpha value is -2.68. The van der Waals surface area contributed by atoms with Gasteiger partial charge in [-0.15, -0.1) is 0 Å². The number of benzene rings is 4. The molecule has 0 atom stereocenters. The van der Waals surface area contributed by atoms with E-state index in [1.165, 1.54) is 10.8 Å². The quantitative estimate of drug-likeness (QED) is 0.298. The van der Waals surface area contributed by atoms with Gasteiger partial charge in [0.05, 0.1) is 22.9 Å². The monoisotopic (exact) mass is 374 g/mol. The highest BCUT2D eigenvalue weighted by molar-refractivity contribution is 6.35. The molecule has 1 aromatic heterocycles. The van der Waals surface area contributed by atoms with Gasteiger partial charge in [-0.1, -0.05) is 71.7 Å². The number of halogens is 2. The number of hydrogen-bond donors (Lipinski definition) is 0. The molecule has 0 spiro atoms. The second-order valence-corrected chi connectivity index (χ2v) is 7.07. The predicted octanol–water partition coefficient (Wildman–Crippen LogP) is 6.91. The first kappa shape index (κ1) is 15.6. The fourth-order valence-corrected chi connectivity index (χ4v) is 3.99. The van der Waals surface area contributed by atoms with Gasteiger partial charge in [0.1, 0.15) is 0 Å². The molecule has 26 heavy (non-hydrogen) atoms. The number of aromatic nitrogens is 2. The molecule has 0 saturated carbocycles. The van der Waals surface area contributed by atoms with Crippen LogP contribution in [-0.2, 0) is 0 Å². The number of fused-ring (bicyclic) bond motifs is 6. The van der Waals surface area contributed by atoms with Gasteiger partial charge in [-0.25, -0.2) is 4.98 Å². The first-order chi connectivity index (χ1) is 12.7. The minimum atomic E-state index is 0.581. The molecule has 0 aliphatic heterocycles. The zero-order valence-corrected chi connectivity index (χ0v) is 15.1. The van der Waals surface area contributed by atoms with Crippen molar-refractivity contribution >= 4 is 55.8 Å². The van der Waals surface area contributed by atoms with E-state index in [1.54, 1.807) is 12.3 Å². The fourth-order valence-electron chi connectivity index (χ4n) is 3.46. The van der Waals surface area contributed by atoms with Crippen LogP contribution in [0.4, 0.5) is 0 Å². The third kappa shape index (κ3) is 2.42. The Labute approximate surface area is 160 Å². The Kier molecular flexibility index (Phi) is 3.56. The van der Waals surface area contributed by atoms with E-state index in [9.17, 15) is 0 Å². The lowest BCUT2D eigenvalue weighted by Gasteiger charge is -2.10. The van der Waals surface area contributed by atoms with Gasteiger partial charge in [-0.3, -0.25) is 4.98 Å². The minimum Gasteiger partial charge on any atom is -0.252 e. The largest absolute Gasteiger partial charge is 0.252 e. The van der Waals surface area contributed by atoms with E-state index in [2.05, 4.69) is 36.4 Å². The predicted molar refractivity (Wildman–Crippen MR) is 110 cm³/mol. The van der Waals surface area contributed by atoms with Crippen molar-refractivity contribution in [3.8, 4) is 11.3 Å². The first-order valence-electron chi connectivity index (χ1n) is 8.23. The molecule has 0 radical (unpaired) electrons. The molecule has 0 saturated heterocycles. The molecule has 2 nitrogen and oxygen atoms in total. The van der Waals surface area contributed by atoms with Gasteiger partial charge in [-0.2, -0.15) is 0 Å².